The van der Waals surface area contributed by atoms with E-state index in [1.54, 1.807) is 0 Å². The summed E-state index contributed by atoms with van der Waals surface area (Å²) in [7, 11) is 0. The summed E-state index contributed by atoms with van der Waals surface area (Å²) in [6.45, 7) is 2.63. The minimum Gasteiger partial charge on any atom is -0.419 e. The summed E-state index contributed by atoms with van der Waals surface area (Å²) < 4.78 is 4.89. The Balaban J connectivity index is 2.40. The summed E-state index contributed by atoms with van der Waals surface area (Å²) in [4.78, 5) is 0. The van der Waals surface area contributed by atoms with Gasteiger partial charge in [0.15, 0.2) is 0 Å². The minimum absolute atomic E-state index is 0.334. The van der Waals surface area contributed by atoms with Crippen LogP contribution >= 0.6 is 11.8 Å². The molecule has 1 unspecified atom stereocenters. The van der Waals surface area contributed by atoms with Crippen molar-refractivity contribution in [2.24, 2.45) is 5.73 Å². The Labute approximate surface area is 63.2 Å². The maximum absolute atomic E-state index is 5.38. The fourth-order valence-corrected chi connectivity index (χ4v) is 1.07. The molecule has 0 saturated carbocycles. The Bertz CT molecular complexity index is 177. The third kappa shape index (κ3) is 2.00. The first kappa shape index (κ1) is 7.56. The van der Waals surface area contributed by atoms with Crippen molar-refractivity contribution in [3.05, 3.63) is 6.39 Å². The van der Waals surface area contributed by atoms with Crippen LogP contribution in [0.15, 0.2) is 16.0 Å². The Morgan fingerprint density at radius 2 is 2.70 bits per heavy atom. The summed E-state index contributed by atoms with van der Waals surface area (Å²) in [6, 6.07) is 0. The van der Waals surface area contributed by atoms with E-state index in [0.29, 0.717) is 17.0 Å². The van der Waals surface area contributed by atoms with Crippen LogP contribution in [-0.4, -0.2) is 22.0 Å². The van der Waals surface area contributed by atoms with Crippen LogP contribution in [0, 0.1) is 0 Å². The number of thioether (sulfide) groups is 1. The van der Waals surface area contributed by atoms with E-state index in [4.69, 9.17) is 10.2 Å². The first-order valence-electron chi connectivity index (χ1n) is 2.96. The van der Waals surface area contributed by atoms with E-state index < -0.39 is 0 Å². The molecule has 0 radical (unpaired) electrons. The number of nitrogens with zero attached hydrogens (tertiary/aromatic N) is 2. The van der Waals surface area contributed by atoms with Crippen molar-refractivity contribution in [1.29, 1.82) is 0 Å². The quantitative estimate of drug-likeness (QED) is 0.651. The summed E-state index contributed by atoms with van der Waals surface area (Å²) in [5.74, 6) is 0. The van der Waals surface area contributed by atoms with E-state index in [1.807, 2.05) is 6.92 Å². The van der Waals surface area contributed by atoms with Gasteiger partial charge in [0.05, 0.1) is 0 Å². The van der Waals surface area contributed by atoms with Crippen molar-refractivity contribution in [2.45, 2.75) is 17.4 Å². The van der Waals surface area contributed by atoms with Crippen LogP contribution in [-0.2, 0) is 0 Å². The lowest BCUT2D eigenvalue weighted by Crippen LogP contribution is -2.12. The average molecular weight is 159 g/mol. The molecule has 0 bridgehead atoms. The first-order valence-corrected chi connectivity index (χ1v) is 3.83. The number of hydrogen-bond donors (Lipinski definition) is 1. The second-order valence-corrected chi connectivity index (χ2v) is 3.26. The summed E-state index contributed by atoms with van der Waals surface area (Å²) in [5.41, 5.74) is 5.38. The maximum atomic E-state index is 5.38. The highest BCUT2D eigenvalue weighted by molar-refractivity contribution is 7.99. The lowest BCUT2D eigenvalue weighted by atomic mass is 10.5. The van der Waals surface area contributed by atoms with E-state index in [9.17, 15) is 0 Å². The Hall–Kier alpha value is -0.550. The molecule has 0 aliphatic rings. The standard InChI is InChI=1S/C5H9N3OS/c1-4(2-6)10-5-8-7-3-9-5/h3-4H,2,6H2,1H3. The van der Waals surface area contributed by atoms with Gasteiger partial charge < -0.3 is 10.2 Å². The lowest BCUT2D eigenvalue weighted by Gasteiger charge is -2.01. The van der Waals surface area contributed by atoms with Gasteiger partial charge in [-0.05, 0) is 0 Å². The fourth-order valence-electron chi connectivity index (χ4n) is 0.435. The zero-order valence-corrected chi connectivity index (χ0v) is 6.47. The first-order chi connectivity index (χ1) is 4.83. The molecule has 0 aromatic carbocycles. The molecular weight excluding hydrogens is 150 g/mol. The molecule has 4 nitrogen and oxygen atoms in total. The Morgan fingerprint density at radius 1 is 1.90 bits per heavy atom. The van der Waals surface area contributed by atoms with Gasteiger partial charge in [-0.15, -0.1) is 10.2 Å². The number of aromatic nitrogens is 2. The molecule has 1 aromatic rings. The van der Waals surface area contributed by atoms with Crippen molar-refractivity contribution >= 4 is 11.8 Å². The largest absolute Gasteiger partial charge is 0.419 e. The van der Waals surface area contributed by atoms with E-state index in [1.165, 1.54) is 18.2 Å². The van der Waals surface area contributed by atoms with E-state index >= 15 is 0 Å². The molecule has 1 aromatic heterocycles. The van der Waals surface area contributed by atoms with Gasteiger partial charge in [-0.2, -0.15) is 0 Å². The molecule has 1 atom stereocenters. The number of nitrogens with two attached hydrogens (primary N) is 1. The summed E-state index contributed by atoms with van der Waals surface area (Å²) >= 11 is 1.48. The van der Waals surface area contributed by atoms with Crippen LogP contribution in [0.25, 0.3) is 0 Å². The molecule has 1 rings (SSSR count). The van der Waals surface area contributed by atoms with Gasteiger partial charge in [0.25, 0.3) is 5.22 Å². The smallest absolute Gasteiger partial charge is 0.276 e. The zero-order valence-electron chi connectivity index (χ0n) is 5.65. The third-order valence-electron chi connectivity index (χ3n) is 0.974. The Kier molecular flexibility index (Phi) is 2.70. The van der Waals surface area contributed by atoms with Gasteiger partial charge in [0.2, 0.25) is 6.39 Å². The van der Waals surface area contributed by atoms with E-state index in [2.05, 4.69) is 10.2 Å². The number of hydrogen-bond acceptors (Lipinski definition) is 5. The summed E-state index contributed by atoms with van der Waals surface area (Å²) in [5, 5.41) is 8.14. The molecule has 0 amide bonds. The predicted octanol–water partition coefficient (Wildman–Crippen LogP) is 0.509. The van der Waals surface area contributed by atoms with Crippen LogP contribution < -0.4 is 5.73 Å². The highest BCUT2D eigenvalue weighted by Gasteiger charge is 2.04. The molecule has 0 aliphatic carbocycles. The van der Waals surface area contributed by atoms with E-state index in [-0.39, 0.29) is 0 Å². The third-order valence-corrected chi connectivity index (χ3v) is 1.95. The predicted molar refractivity (Wildman–Crippen MR) is 38.7 cm³/mol. The van der Waals surface area contributed by atoms with Crippen LogP contribution in [0.2, 0.25) is 0 Å². The van der Waals surface area contributed by atoms with Crippen LogP contribution in [0.3, 0.4) is 0 Å². The van der Waals surface area contributed by atoms with Crippen LogP contribution in [0.4, 0.5) is 0 Å². The highest BCUT2D eigenvalue weighted by atomic mass is 32.2. The molecular formula is C5H9N3OS. The van der Waals surface area contributed by atoms with Crippen molar-refractivity contribution in [3.8, 4) is 0 Å². The van der Waals surface area contributed by atoms with Gasteiger partial charge in [-0.1, -0.05) is 18.7 Å². The van der Waals surface area contributed by atoms with Crippen LogP contribution in [0.1, 0.15) is 6.92 Å². The maximum Gasteiger partial charge on any atom is 0.276 e. The molecule has 0 aliphatic heterocycles. The highest BCUT2D eigenvalue weighted by Crippen LogP contribution is 2.18. The second kappa shape index (κ2) is 3.58. The SMILES string of the molecule is CC(CN)Sc1nnco1. The molecule has 0 saturated heterocycles. The fraction of sp³-hybridized carbons (Fsp3) is 0.600. The number of rotatable bonds is 3. The molecule has 0 fully saturated rings. The Morgan fingerprint density at radius 3 is 3.20 bits per heavy atom. The molecule has 56 valence electrons. The van der Waals surface area contributed by atoms with Gasteiger partial charge >= 0.3 is 0 Å². The van der Waals surface area contributed by atoms with Crippen molar-refractivity contribution in [3.63, 3.8) is 0 Å². The molecule has 1 heterocycles. The molecule has 10 heavy (non-hydrogen) atoms. The normalized spacial score (nSPS) is 13.4. The van der Waals surface area contributed by atoms with Gasteiger partial charge in [0, 0.05) is 11.8 Å². The van der Waals surface area contributed by atoms with E-state index in [0.717, 1.165) is 0 Å². The zero-order chi connectivity index (χ0) is 7.40. The van der Waals surface area contributed by atoms with Gasteiger partial charge in [0.1, 0.15) is 0 Å². The molecule has 2 N–H and O–H groups in total. The average Bonchev–Trinajstić information content (AvgIpc) is 2.40. The molecule has 5 heteroatoms. The van der Waals surface area contributed by atoms with Crippen molar-refractivity contribution in [2.75, 3.05) is 6.54 Å². The lowest BCUT2D eigenvalue weighted by molar-refractivity contribution is 0.452. The molecule has 0 spiro atoms. The second-order valence-electron chi connectivity index (χ2n) is 1.87. The van der Waals surface area contributed by atoms with Gasteiger partial charge in [-0.25, -0.2) is 0 Å². The topological polar surface area (TPSA) is 64.9 Å². The van der Waals surface area contributed by atoms with Crippen molar-refractivity contribution < 1.29 is 4.42 Å². The van der Waals surface area contributed by atoms with Gasteiger partial charge in [-0.3, -0.25) is 0 Å². The summed E-state index contributed by atoms with van der Waals surface area (Å²) in [6.07, 6.45) is 1.31. The van der Waals surface area contributed by atoms with Crippen molar-refractivity contribution in [1.82, 2.24) is 10.2 Å². The monoisotopic (exact) mass is 159 g/mol. The minimum atomic E-state index is 0.334. The van der Waals surface area contributed by atoms with Crippen LogP contribution in [0.5, 0.6) is 0 Å².